The average molecular weight is 409 g/mol. The molecule has 1 atom stereocenters. The molecule has 2 nitrogen and oxygen atoms in total. The molecule has 0 aliphatic carbocycles. The molecule has 0 bridgehead atoms. The van der Waals surface area contributed by atoms with Gasteiger partial charge in [-0.2, -0.15) is 0 Å². The second kappa shape index (κ2) is 9.99. The van der Waals surface area contributed by atoms with E-state index < -0.39 is 0 Å². The first-order valence-corrected chi connectivity index (χ1v) is 10.9. The van der Waals surface area contributed by atoms with E-state index in [0.717, 1.165) is 40.2 Å². The third-order valence-electron chi connectivity index (χ3n) is 5.67. The zero-order valence-corrected chi connectivity index (χ0v) is 18.1. The quantitative estimate of drug-likeness (QED) is 0.275. The van der Waals surface area contributed by atoms with Crippen LogP contribution in [0.3, 0.4) is 0 Å². The molecule has 0 aromatic heterocycles. The molecule has 0 heterocycles. The minimum Gasteiger partial charge on any atom is -0.458 e. The van der Waals surface area contributed by atoms with Gasteiger partial charge in [-0.3, -0.25) is 0 Å². The van der Waals surface area contributed by atoms with E-state index in [1.54, 1.807) is 0 Å². The van der Waals surface area contributed by atoms with Gasteiger partial charge in [-0.15, -0.1) is 0 Å². The summed E-state index contributed by atoms with van der Waals surface area (Å²) in [5, 5.41) is 0. The Morgan fingerprint density at radius 3 is 1.68 bits per heavy atom. The van der Waals surface area contributed by atoms with Crippen molar-refractivity contribution in [2.24, 2.45) is 0 Å². The lowest BCUT2D eigenvalue weighted by Crippen LogP contribution is -2.07. The van der Waals surface area contributed by atoms with Crippen LogP contribution >= 0.6 is 0 Å². The number of benzene rings is 4. The molecule has 0 spiro atoms. The van der Waals surface area contributed by atoms with Gasteiger partial charge in [-0.05, 0) is 41.2 Å². The van der Waals surface area contributed by atoms with Gasteiger partial charge in [0.05, 0.1) is 0 Å². The van der Waals surface area contributed by atoms with Gasteiger partial charge in [-0.1, -0.05) is 105 Å². The third kappa shape index (κ3) is 4.97. The first-order chi connectivity index (χ1) is 15.3. The fourth-order valence-electron chi connectivity index (χ4n) is 3.67. The molecule has 1 unspecified atom stereocenters. The molecular weight excluding hydrogens is 380 g/mol. The summed E-state index contributed by atoms with van der Waals surface area (Å²) >= 11 is 0. The lowest BCUT2D eigenvalue weighted by Gasteiger charge is -2.17. The minimum atomic E-state index is 0.145. The number of rotatable bonds is 8. The van der Waals surface area contributed by atoms with Crippen LogP contribution in [0.5, 0.6) is 11.5 Å². The average Bonchev–Trinajstić information content (AvgIpc) is 2.85. The van der Waals surface area contributed by atoms with Gasteiger partial charge < -0.3 is 9.47 Å². The van der Waals surface area contributed by atoms with Gasteiger partial charge in [-0.25, -0.2) is 0 Å². The molecule has 4 aromatic rings. The molecule has 0 N–H and O–H groups in total. The van der Waals surface area contributed by atoms with Gasteiger partial charge in [0.2, 0.25) is 6.79 Å². The second-order valence-corrected chi connectivity index (χ2v) is 7.70. The van der Waals surface area contributed by atoms with E-state index in [2.05, 4.69) is 68.4 Å². The first kappa shape index (κ1) is 20.7. The maximum atomic E-state index is 6.26. The van der Waals surface area contributed by atoms with Crippen LogP contribution in [0.4, 0.5) is 0 Å². The van der Waals surface area contributed by atoms with Crippen LogP contribution in [0.1, 0.15) is 31.7 Å². The molecule has 0 aliphatic rings. The zero-order valence-electron chi connectivity index (χ0n) is 18.1. The van der Waals surface area contributed by atoms with Gasteiger partial charge in [0.15, 0.2) is 0 Å². The summed E-state index contributed by atoms with van der Waals surface area (Å²) in [6.07, 6.45) is 1.13. The van der Waals surface area contributed by atoms with Gasteiger partial charge in [0.25, 0.3) is 0 Å². The smallest absolute Gasteiger partial charge is 0.230 e. The highest BCUT2D eigenvalue weighted by Gasteiger charge is 2.13. The normalized spacial score (nSPS) is 11.7. The van der Waals surface area contributed by atoms with E-state index in [1.807, 2.05) is 48.5 Å². The molecule has 2 heteroatoms. The molecule has 31 heavy (non-hydrogen) atoms. The van der Waals surface area contributed by atoms with Gasteiger partial charge >= 0.3 is 0 Å². The minimum absolute atomic E-state index is 0.145. The third-order valence-corrected chi connectivity index (χ3v) is 5.67. The van der Waals surface area contributed by atoms with Crippen LogP contribution in [0, 0.1) is 0 Å². The predicted octanol–water partition coefficient (Wildman–Crippen LogP) is 7.95. The van der Waals surface area contributed by atoms with Crippen LogP contribution in [-0.4, -0.2) is 6.79 Å². The molecule has 4 aromatic carbocycles. The molecule has 156 valence electrons. The SMILES string of the molecule is CCC(C)c1ccc(OCOc2c(-c3ccccc3)cccc2-c2ccccc2)cc1. The Bertz CT molecular complexity index is 1030. The molecule has 0 radical (unpaired) electrons. The Kier molecular flexibility index (Phi) is 6.68. The zero-order chi connectivity index (χ0) is 21.5. The van der Waals surface area contributed by atoms with Crippen molar-refractivity contribution >= 4 is 0 Å². The highest BCUT2D eigenvalue weighted by atomic mass is 16.7. The lowest BCUT2D eigenvalue weighted by atomic mass is 9.97. The second-order valence-electron chi connectivity index (χ2n) is 7.70. The highest BCUT2D eigenvalue weighted by Crippen LogP contribution is 2.39. The lowest BCUT2D eigenvalue weighted by molar-refractivity contribution is 0.121. The Balaban J connectivity index is 1.59. The number of ether oxygens (including phenoxy) is 2. The molecule has 0 saturated carbocycles. The van der Waals surface area contributed by atoms with Crippen molar-refractivity contribution in [2.45, 2.75) is 26.2 Å². The van der Waals surface area contributed by atoms with E-state index in [4.69, 9.17) is 9.47 Å². The maximum absolute atomic E-state index is 6.26. The Morgan fingerprint density at radius 1 is 0.613 bits per heavy atom. The Morgan fingerprint density at radius 2 is 1.16 bits per heavy atom. The van der Waals surface area contributed by atoms with E-state index in [9.17, 15) is 0 Å². The van der Waals surface area contributed by atoms with Gasteiger partial charge in [0.1, 0.15) is 11.5 Å². The van der Waals surface area contributed by atoms with Crippen molar-refractivity contribution in [1.82, 2.24) is 0 Å². The molecule has 0 amide bonds. The fraction of sp³-hybridized carbons (Fsp3) is 0.172. The molecule has 4 rings (SSSR count). The van der Waals surface area contributed by atoms with Crippen molar-refractivity contribution in [3.8, 4) is 33.8 Å². The summed E-state index contributed by atoms with van der Waals surface area (Å²) in [4.78, 5) is 0. The number of hydrogen-bond donors (Lipinski definition) is 0. The van der Waals surface area contributed by atoms with Crippen LogP contribution in [0.2, 0.25) is 0 Å². The van der Waals surface area contributed by atoms with Gasteiger partial charge in [0, 0.05) is 11.1 Å². The summed E-state index contributed by atoms with van der Waals surface area (Å²) in [7, 11) is 0. The largest absolute Gasteiger partial charge is 0.458 e. The standard InChI is InChI=1S/C29H28O2/c1-3-22(2)23-17-19-26(20-18-23)30-21-31-29-27(24-11-6-4-7-12-24)15-10-16-28(29)25-13-8-5-9-14-25/h4-20,22H,3,21H2,1-2H3. The predicted molar refractivity (Wildman–Crippen MR) is 129 cm³/mol. The number of hydrogen-bond acceptors (Lipinski definition) is 2. The molecule has 0 aliphatic heterocycles. The van der Waals surface area contributed by atoms with E-state index in [0.29, 0.717) is 5.92 Å². The van der Waals surface area contributed by atoms with E-state index in [1.165, 1.54) is 5.56 Å². The van der Waals surface area contributed by atoms with Crippen molar-refractivity contribution in [3.63, 3.8) is 0 Å². The maximum Gasteiger partial charge on any atom is 0.230 e. The van der Waals surface area contributed by atoms with Crippen LogP contribution < -0.4 is 9.47 Å². The van der Waals surface area contributed by atoms with Crippen molar-refractivity contribution in [1.29, 1.82) is 0 Å². The summed E-state index contributed by atoms with van der Waals surface area (Å²) in [6, 6.07) is 35.2. The molecular formula is C29H28O2. The number of para-hydroxylation sites is 1. The van der Waals surface area contributed by atoms with Crippen LogP contribution in [0.25, 0.3) is 22.3 Å². The first-order valence-electron chi connectivity index (χ1n) is 10.9. The summed E-state index contributed by atoms with van der Waals surface area (Å²) in [6.45, 7) is 4.59. The summed E-state index contributed by atoms with van der Waals surface area (Å²) in [5.74, 6) is 2.19. The van der Waals surface area contributed by atoms with Crippen LogP contribution in [0.15, 0.2) is 103 Å². The van der Waals surface area contributed by atoms with Crippen molar-refractivity contribution < 1.29 is 9.47 Å². The fourth-order valence-corrected chi connectivity index (χ4v) is 3.67. The molecule has 0 fully saturated rings. The van der Waals surface area contributed by atoms with Crippen molar-refractivity contribution in [2.75, 3.05) is 6.79 Å². The summed E-state index contributed by atoms with van der Waals surface area (Å²) in [5.41, 5.74) is 5.67. The topological polar surface area (TPSA) is 18.5 Å². The highest BCUT2D eigenvalue weighted by molar-refractivity contribution is 5.82. The van der Waals surface area contributed by atoms with E-state index in [-0.39, 0.29) is 6.79 Å². The monoisotopic (exact) mass is 408 g/mol. The molecule has 0 saturated heterocycles. The van der Waals surface area contributed by atoms with Crippen molar-refractivity contribution in [3.05, 3.63) is 109 Å². The summed E-state index contributed by atoms with van der Waals surface area (Å²) < 4.78 is 12.2. The Hall–Kier alpha value is -3.52. The van der Waals surface area contributed by atoms with Crippen LogP contribution in [-0.2, 0) is 0 Å². The Labute approximate surface area is 185 Å². The van der Waals surface area contributed by atoms with E-state index >= 15 is 0 Å².